The van der Waals surface area contributed by atoms with Crippen molar-refractivity contribution in [3.05, 3.63) is 34.3 Å². The van der Waals surface area contributed by atoms with Crippen molar-refractivity contribution in [2.45, 2.75) is 32.8 Å². The van der Waals surface area contributed by atoms with E-state index in [0.29, 0.717) is 0 Å². The van der Waals surface area contributed by atoms with E-state index >= 15 is 0 Å². The van der Waals surface area contributed by atoms with Crippen molar-refractivity contribution in [3.8, 4) is 0 Å². The molecule has 0 saturated carbocycles. The fraction of sp³-hybridized carbons (Fsp3) is 0.417. The van der Waals surface area contributed by atoms with Gasteiger partial charge in [-0.05, 0) is 31.0 Å². The number of esters is 1. The highest BCUT2D eigenvalue weighted by Gasteiger charge is 2.27. The first kappa shape index (κ1) is 12.2. The Bertz CT molecular complexity index is 345. The largest absolute Gasteiger partial charge is 0.455 e. The third-order valence-corrected chi connectivity index (χ3v) is 3.03. The van der Waals surface area contributed by atoms with E-state index < -0.39 is 5.60 Å². The molecule has 1 aromatic carbocycles. The maximum absolute atomic E-state index is 11.0. The van der Waals surface area contributed by atoms with Gasteiger partial charge in [0.2, 0.25) is 0 Å². The van der Waals surface area contributed by atoms with Gasteiger partial charge in [-0.15, -0.1) is 0 Å². The molecule has 15 heavy (non-hydrogen) atoms. The number of halogens is 1. The van der Waals surface area contributed by atoms with E-state index in [1.807, 2.05) is 38.1 Å². The Balaban J connectivity index is 3.00. The Labute approximate surface area is 98.8 Å². The van der Waals surface area contributed by atoms with E-state index in [4.69, 9.17) is 4.74 Å². The zero-order valence-electron chi connectivity index (χ0n) is 9.21. The number of carbonyl (C=O) groups excluding carboxylic acids is 1. The smallest absolute Gasteiger partial charge is 0.303 e. The van der Waals surface area contributed by atoms with Crippen LogP contribution in [-0.2, 0) is 15.1 Å². The Kier molecular flexibility index (Phi) is 3.91. The molecule has 2 nitrogen and oxygen atoms in total. The number of hydrogen-bond acceptors (Lipinski definition) is 2. The molecule has 1 atom stereocenters. The number of benzene rings is 1. The zero-order chi connectivity index (χ0) is 11.5. The van der Waals surface area contributed by atoms with Gasteiger partial charge in [-0.25, -0.2) is 0 Å². The molecule has 3 heteroatoms. The first-order valence-corrected chi connectivity index (χ1v) is 5.73. The minimum absolute atomic E-state index is 0.248. The lowest BCUT2D eigenvalue weighted by Gasteiger charge is -2.28. The number of ether oxygens (including phenoxy) is 1. The highest BCUT2D eigenvalue weighted by atomic mass is 79.9. The number of carbonyl (C=O) groups is 1. The molecule has 0 amide bonds. The first-order valence-electron chi connectivity index (χ1n) is 4.93. The third-order valence-electron chi connectivity index (χ3n) is 2.50. The average Bonchev–Trinajstić information content (AvgIpc) is 2.17. The molecular formula is C12H15BrO2. The quantitative estimate of drug-likeness (QED) is 0.784. The van der Waals surface area contributed by atoms with Crippen molar-refractivity contribution < 1.29 is 9.53 Å². The summed E-state index contributed by atoms with van der Waals surface area (Å²) in [4.78, 5) is 11.0. The van der Waals surface area contributed by atoms with Gasteiger partial charge in [0.25, 0.3) is 0 Å². The van der Waals surface area contributed by atoms with Gasteiger partial charge in [-0.3, -0.25) is 4.79 Å². The monoisotopic (exact) mass is 270 g/mol. The van der Waals surface area contributed by atoms with Crippen LogP contribution in [0, 0.1) is 0 Å². The van der Waals surface area contributed by atoms with Crippen LogP contribution in [0.2, 0.25) is 0 Å². The average molecular weight is 271 g/mol. The highest BCUT2D eigenvalue weighted by molar-refractivity contribution is 9.10. The summed E-state index contributed by atoms with van der Waals surface area (Å²) in [6.45, 7) is 5.37. The summed E-state index contributed by atoms with van der Waals surface area (Å²) in [6.07, 6.45) is 0.758. The first-order chi connectivity index (χ1) is 6.98. The van der Waals surface area contributed by atoms with E-state index in [-0.39, 0.29) is 5.97 Å². The standard InChI is InChI=1S/C12H15BrO2/c1-4-12(3,15-9(2)14)10-5-7-11(13)8-6-10/h5-8H,4H2,1-3H3. The summed E-state index contributed by atoms with van der Waals surface area (Å²) in [5.41, 5.74) is 0.496. The third kappa shape index (κ3) is 3.06. The van der Waals surface area contributed by atoms with Crippen LogP contribution in [0.3, 0.4) is 0 Å². The van der Waals surface area contributed by atoms with Gasteiger partial charge in [0.1, 0.15) is 5.60 Å². The molecule has 0 fully saturated rings. The van der Waals surface area contributed by atoms with Crippen molar-refractivity contribution >= 4 is 21.9 Å². The Morgan fingerprint density at radius 1 is 1.40 bits per heavy atom. The Morgan fingerprint density at radius 2 is 1.93 bits per heavy atom. The minimum atomic E-state index is -0.521. The van der Waals surface area contributed by atoms with Crippen molar-refractivity contribution in [1.29, 1.82) is 0 Å². The van der Waals surface area contributed by atoms with Crippen molar-refractivity contribution in [2.24, 2.45) is 0 Å². The molecule has 0 saturated heterocycles. The second-order valence-corrected chi connectivity index (χ2v) is 4.60. The van der Waals surface area contributed by atoms with Crippen LogP contribution in [0.1, 0.15) is 32.8 Å². The SMILES string of the molecule is CCC(C)(OC(C)=O)c1ccc(Br)cc1. The molecule has 0 aliphatic heterocycles. The lowest BCUT2D eigenvalue weighted by molar-refractivity contribution is -0.156. The van der Waals surface area contributed by atoms with E-state index in [0.717, 1.165) is 16.5 Å². The van der Waals surface area contributed by atoms with Gasteiger partial charge < -0.3 is 4.74 Å². The summed E-state index contributed by atoms with van der Waals surface area (Å²) < 4.78 is 6.38. The Morgan fingerprint density at radius 3 is 2.33 bits per heavy atom. The molecule has 0 aliphatic rings. The van der Waals surface area contributed by atoms with Crippen LogP contribution in [0.15, 0.2) is 28.7 Å². The maximum Gasteiger partial charge on any atom is 0.303 e. The van der Waals surface area contributed by atoms with Gasteiger partial charge in [0.15, 0.2) is 0 Å². The fourth-order valence-corrected chi connectivity index (χ4v) is 1.72. The minimum Gasteiger partial charge on any atom is -0.455 e. The van der Waals surface area contributed by atoms with E-state index in [1.165, 1.54) is 6.92 Å². The molecule has 0 aliphatic carbocycles. The molecule has 0 N–H and O–H groups in total. The van der Waals surface area contributed by atoms with Gasteiger partial charge in [-0.2, -0.15) is 0 Å². The summed E-state index contributed by atoms with van der Waals surface area (Å²) in [5, 5.41) is 0. The van der Waals surface area contributed by atoms with Gasteiger partial charge in [-0.1, -0.05) is 35.0 Å². The van der Waals surface area contributed by atoms with Crippen LogP contribution in [0.4, 0.5) is 0 Å². The molecule has 0 heterocycles. The molecule has 1 unspecified atom stereocenters. The maximum atomic E-state index is 11.0. The molecule has 0 bridgehead atoms. The second-order valence-electron chi connectivity index (χ2n) is 3.68. The molecule has 82 valence electrons. The molecule has 1 rings (SSSR count). The molecule has 0 radical (unpaired) electrons. The van der Waals surface area contributed by atoms with Crippen LogP contribution in [0.25, 0.3) is 0 Å². The van der Waals surface area contributed by atoms with Gasteiger partial charge in [0, 0.05) is 11.4 Å². The van der Waals surface area contributed by atoms with Gasteiger partial charge in [0.05, 0.1) is 0 Å². The summed E-state index contributed by atoms with van der Waals surface area (Å²) in [6, 6.07) is 7.84. The Hall–Kier alpha value is -0.830. The second kappa shape index (κ2) is 4.79. The van der Waals surface area contributed by atoms with Gasteiger partial charge >= 0.3 is 5.97 Å². The van der Waals surface area contributed by atoms with E-state index in [2.05, 4.69) is 15.9 Å². The predicted octanol–water partition coefficient (Wildman–Crippen LogP) is 3.64. The van der Waals surface area contributed by atoms with Crippen LogP contribution in [-0.4, -0.2) is 5.97 Å². The fourth-order valence-electron chi connectivity index (χ4n) is 1.45. The lowest BCUT2D eigenvalue weighted by atomic mass is 9.93. The lowest BCUT2D eigenvalue weighted by Crippen LogP contribution is -2.27. The van der Waals surface area contributed by atoms with E-state index in [9.17, 15) is 4.79 Å². The molecule has 0 aromatic heterocycles. The summed E-state index contributed by atoms with van der Waals surface area (Å²) in [7, 11) is 0. The van der Waals surface area contributed by atoms with Crippen molar-refractivity contribution in [3.63, 3.8) is 0 Å². The number of rotatable bonds is 3. The topological polar surface area (TPSA) is 26.3 Å². The molecular weight excluding hydrogens is 256 g/mol. The molecule has 0 spiro atoms. The van der Waals surface area contributed by atoms with Crippen LogP contribution in [0.5, 0.6) is 0 Å². The zero-order valence-corrected chi connectivity index (χ0v) is 10.8. The summed E-state index contributed by atoms with van der Waals surface area (Å²) >= 11 is 3.38. The summed E-state index contributed by atoms with van der Waals surface area (Å²) in [5.74, 6) is -0.248. The van der Waals surface area contributed by atoms with Crippen LogP contribution < -0.4 is 0 Å². The van der Waals surface area contributed by atoms with E-state index in [1.54, 1.807) is 0 Å². The van der Waals surface area contributed by atoms with Crippen LogP contribution >= 0.6 is 15.9 Å². The number of hydrogen-bond donors (Lipinski definition) is 0. The predicted molar refractivity (Wildman–Crippen MR) is 63.6 cm³/mol. The normalized spacial score (nSPS) is 14.4. The highest BCUT2D eigenvalue weighted by Crippen LogP contribution is 2.29. The molecule has 1 aromatic rings. The van der Waals surface area contributed by atoms with Crippen molar-refractivity contribution in [2.75, 3.05) is 0 Å². The van der Waals surface area contributed by atoms with Crippen molar-refractivity contribution in [1.82, 2.24) is 0 Å².